The van der Waals surface area contributed by atoms with Crippen molar-refractivity contribution in [2.75, 3.05) is 39.0 Å². The SMILES string of the molecule is Cc1ccc(S(=O)(=O)N2CCN(C(=O)[C@@H]3CCCCN3S(C)(=O)=O)CC2)cc1. The second kappa shape index (κ2) is 8.10. The average Bonchev–Trinajstić information content (AvgIpc) is 2.67. The Morgan fingerprint density at radius 1 is 0.929 bits per heavy atom. The van der Waals surface area contributed by atoms with Gasteiger partial charge in [-0.05, 0) is 31.9 Å². The summed E-state index contributed by atoms with van der Waals surface area (Å²) in [6.45, 7) is 3.18. The first-order valence-corrected chi connectivity index (χ1v) is 12.7. The molecule has 0 aliphatic carbocycles. The molecule has 0 N–H and O–H groups in total. The van der Waals surface area contributed by atoms with E-state index < -0.39 is 26.1 Å². The predicted octanol–water partition coefficient (Wildman–Crippen LogP) is 0.642. The summed E-state index contributed by atoms with van der Waals surface area (Å²) < 4.78 is 52.3. The van der Waals surface area contributed by atoms with Crippen molar-refractivity contribution in [3.05, 3.63) is 29.8 Å². The summed E-state index contributed by atoms with van der Waals surface area (Å²) in [4.78, 5) is 14.8. The predicted molar refractivity (Wildman–Crippen MR) is 106 cm³/mol. The quantitative estimate of drug-likeness (QED) is 0.700. The minimum atomic E-state index is -3.60. The van der Waals surface area contributed by atoms with Crippen molar-refractivity contribution in [2.24, 2.45) is 0 Å². The van der Waals surface area contributed by atoms with Gasteiger partial charge >= 0.3 is 0 Å². The van der Waals surface area contributed by atoms with Gasteiger partial charge in [-0.3, -0.25) is 4.79 Å². The fourth-order valence-corrected chi connectivity index (χ4v) is 6.31. The molecule has 1 aromatic carbocycles. The van der Waals surface area contributed by atoms with Crippen molar-refractivity contribution in [2.45, 2.75) is 37.1 Å². The Bertz CT molecular complexity index is 920. The summed E-state index contributed by atoms with van der Waals surface area (Å²) in [5.41, 5.74) is 0.984. The van der Waals surface area contributed by atoms with E-state index >= 15 is 0 Å². The van der Waals surface area contributed by atoms with E-state index in [2.05, 4.69) is 0 Å². The first-order valence-electron chi connectivity index (χ1n) is 9.43. The number of benzene rings is 1. The van der Waals surface area contributed by atoms with Crippen LogP contribution in [0.15, 0.2) is 29.2 Å². The molecule has 2 saturated heterocycles. The smallest absolute Gasteiger partial charge is 0.243 e. The number of carbonyl (C=O) groups excluding carboxylic acids is 1. The molecule has 2 heterocycles. The highest BCUT2D eigenvalue weighted by molar-refractivity contribution is 7.89. The third-order valence-electron chi connectivity index (χ3n) is 5.37. The number of nitrogens with zero attached hydrogens (tertiary/aromatic N) is 3. The highest BCUT2D eigenvalue weighted by atomic mass is 32.2. The third kappa shape index (κ3) is 4.40. The number of hydrogen-bond donors (Lipinski definition) is 0. The van der Waals surface area contributed by atoms with E-state index in [-0.39, 0.29) is 37.0 Å². The lowest BCUT2D eigenvalue weighted by Gasteiger charge is -2.39. The van der Waals surface area contributed by atoms with Crippen molar-refractivity contribution in [3.8, 4) is 0 Å². The van der Waals surface area contributed by atoms with Crippen LogP contribution < -0.4 is 0 Å². The molecule has 8 nitrogen and oxygen atoms in total. The molecule has 0 saturated carbocycles. The molecule has 0 aromatic heterocycles. The van der Waals surface area contributed by atoms with E-state index in [9.17, 15) is 21.6 Å². The minimum Gasteiger partial charge on any atom is -0.339 e. The molecule has 0 spiro atoms. The van der Waals surface area contributed by atoms with Gasteiger partial charge in [-0.2, -0.15) is 8.61 Å². The summed E-state index contributed by atoms with van der Waals surface area (Å²) in [6, 6.07) is 6.02. The Hall–Kier alpha value is -1.49. The lowest BCUT2D eigenvalue weighted by molar-refractivity contribution is -0.137. The molecule has 0 radical (unpaired) electrons. The van der Waals surface area contributed by atoms with Crippen LogP contribution >= 0.6 is 0 Å². The summed E-state index contributed by atoms with van der Waals surface area (Å²) in [6.07, 6.45) is 3.20. The minimum absolute atomic E-state index is 0.202. The molecule has 156 valence electrons. The maximum atomic E-state index is 12.9. The van der Waals surface area contributed by atoms with Gasteiger partial charge in [-0.15, -0.1) is 0 Å². The van der Waals surface area contributed by atoms with Crippen molar-refractivity contribution in [1.82, 2.24) is 13.5 Å². The zero-order valence-corrected chi connectivity index (χ0v) is 17.9. The maximum Gasteiger partial charge on any atom is 0.243 e. The lowest BCUT2D eigenvalue weighted by Crippen LogP contribution is -2.57. The summed E-state index contributed by atoms with van der Waals surface area (Å²) in [5, 5.41) is 0. The zero-order valence-electron chi connectivity index (χ0n) is 16.2. The van der Waals surface area contributed by atoms with Gasteiger partial charge in [0.1, 0.15) is 6.04 Å². The average molecular weight is 430 g/mol. The highest BCUT2D eigenvalue weighted by Gasteiger charge is 2.38. The molecular weight excluding hydrogens is 402 g/mol. The van der Waals surface area contributed by atoms with Crippen LogP contribution in [-0.2, 0) is 24.8 Å². The normalized spacial score (nSPS) is 22.9. The fraction of sp³-hybridized carbons (Fsp3) is 0.611. The van der Waals surface area contributed by atoms with Crippen LogP contribution in [0.1, 0.15) is 24.8 Å². The molecule has 1 amide bonds. The summed E-state index contributed by atoms with van der Waals surface area (Å²) in [5.74, 6) is -0.225. The van der Waals surface area contributed by atoms with Gasteiger partial charge in [0.15, 0.2) is 0 Å². The largest absolute Gasteiger partial charge is 0.339 e. The van der Waals surface area contributed by atoms with Gasteiger partial charge in [0.25, 0.3) is 0 Å². The highest BCUT2D eigenvalue weighted by Crippen LogP contribution is 2.23. The van der Waals surface area contributed by atoms with E-state index in [0.29, 0.717) is 13.0 Å². The summed E-state index contributed by atoms with van der Waals surface area (Å²) in [7, 11) is -7.05. The van der Waals surface area contributed by atoms with Gasteiger partial charge in [0.2, 0.25) is 26.0 Å². The van der Waals surface area contributed by atoms with Crippen molar-refractivity contribution in [3.63, 3.8) is 0 Å². The number of aryl methyl sites for hydroxylation is 1. The molecule has 0 bridgehead atoms. The van der Waals surface area contributed by atoms with Crippen LogP contribution in [0.5, 0.6) is 0 Å². The molecule has 2 aliphatic rings. The molecule has 10 heteroatoms. The van der Waals surface area contributed by atoms with E-state index in [1.54, 1.807) is 29.2 Å². The molecule has 0 unspecified atom stereocenters. The molecule has 28 heavy (non-hydrogen) atoms. The topological polar surface area (TPSA) is 95.1 Å². The van der Waals surface area contributed by atoms with Crippen LogP contribution in [0.3, 0.4) is 0 Å². The standard InChI is InChI=1S/C18H27N3O5S2/c1-15-6-8-16(9-7-15)28(25,26)20-13-11-19(12-14-20)18(22)17-5-3-4-10-21(17)27(2,23)24/h6-9,17H,3-5,10-14H2,1-2H3/t17-/m0/s1. The Kier molecular flexibility index (Phi) is 6.14. The van der Waals surface area contributed by atoms with Crippen LogP contribution in [0, 0.1) is 6.92 Å². The molecule has 2 aliphatic heterocycles. The Morgan fingerprint density at radius 2 is 1.54 bits per heavy atom. The van der Waals surface area contributed by atoms with E-state index in [4.69, 9.17) is 0 Å². The number of amides is 1. The summed E-state index contributed by atoms with van der Waals surface area (Å²) >= 11 is 0. The number of carbonyl (C=O) groups is 1. The maximum absolute atomic E-state index is 12.9. The van der Waals surface area contributed by atoms with Crippen LogP contribution in [-0.4, -0.2) is 81.3 Å². The van der Waals surface area contributed by atoms with Gasteiger partial charge < -0.3 is 4.90 Å². The van der Waals surface area contributed by atoms with Gasteiger partial charge in [0, 0.05) is 32.7 Å². The second-order valence-electron chi connectivity index (χ2n) is 7.43. The van der Waals surface area contributed by atoms with Gasteiger partial charge in [0.05, 0.1) is 11.2 Å². The van der Waals surface area contributed by atoms with E-state index in [0.717, 1.165) is 24.7 Å². The van der Waals surface area contributed by atoms with Crippen molar-refractivity contribution in [1.29, 1.82) is 0 Å². The molecule has 2 fully saturated rings. The molecule has 3 rings (SSSR count). The number of piperidine rings is 1. The monoisotopic (exact) mass is 429 g/mol. The van der Waals surface area contributed by atoms with E-state index in [1.165, 1.54) is 8.61 Å². The lowest BCUT2D eigenvalue weighted by atomic mass is 10.0. The Labute approximate surface area is 167 Å². The molecular formula is C18H27N3O5S2. The van der Waals surface area contributed by atoms with E-state index in [1.807, 2.05) is 6.92 Å². The van der Waals surface area contributed by atoms with Gasteiger partial charge in [-0.1, -0.05) is 24.1 Å². The number of hydrogen-bond acceptors (Lipinski definition) is 5. The Balaban J connectivity index is 1.67. The first-order chi connectivity index (χ1) is 13.1. The molecule has 1 aromatic rings. The number of sulfonamides is 2. The number of rotatable bonds is 4. The zero-order chi connectivity index (χ0) is 20.5. The fourth-order valence-electron chi connectivity index (χ4n) is 3.77. The number of piperazine rings is 1. The van der Waals surface area contributed by atoms with Crippen molar-refractivity contribution < 1.29 is 21.6 Å². The van der Waals surface area contributed by atoms with Crippen molar-refractivity contribution >= 4 is 26.0 Å². The second-order valence-corrected chi connectivity index (χ2v) is 11.3. The van der Waals surface area contributed by atoms with Gasteiger partial charge in [-0.25, -0.2) is 16.8 Å². The van der Waals surface area contributed by atoms with Crippen LogP contribution in [0.25, 0.3) is 0 Å². The first kappa shape index (κ1) is 21.2. The Morgan fingerprint density at radius 3 is 2.11 bits per heavy atom. The van der Waals surface area contributed by atoms with Crippen LogP contribution in [0.2, 0.25) is 0 Å². The molecule has 1 atom stereocenters. The van der Waals surface area contributed by atoms with Crippen LogP contribution in [0.4, 0.5) is 0 Å². The third-order valence-corrected chi connectivity index (χ3v) is 8.58.